The van der Waals surface area contributed by atoms with Crippen molar-refractivity contribution in [3.63, 3.8) is 0 Å². The predicted octanol–water partition coefficient (Wildman–Crippen LogP) is -0.821. The second kappa shape index (κ2) is 3.85. The van der Waals surface area contributed by atoms with Crippen molar-refractivity contribution in [2.45, 2.75) is 0 Å². The maximum atomic E-state index is 11.1. The molecule has 0 aliphatic carbocycles. The van der Waals surface area contributed by atoms with Gasteiger partial charge in [0.1, 0.15) is 5.69 Å². The summed E-state index contributed by atoms with van der Waals surface area (Å²) in [5.74, 6) is 0.328. The van der Waals surface area contributed by atoms with E-state index in [4.69, 9.17) is 5.73 Å². The maximum Gasteiger partial charge on any atom is 0.275 e. The zero-order valence-corrected chi connectivity index (χ0v) is 8.02. The highest BCUT2D eigenvalue weighted by Gasteiger charge is 2.00. The molecule has 8 nitrogen and oxygen atoms in total. The minimum atomic E-state index is -0.462. The molecule has 0 aromatic carbocycles. The van der Waals surface area contributed by atoms with E-state index < -0.39 is 5.56 Å². The number of nitrogens with one attached hydrogen (secondary N) is 3. The van der Waals surface area contributed by atoms with Crippen LogP contribution in [0.3, 0.4) is 0 Å². The van der Waals surface area contributed by atoms with Gasteiger partial charge in [-0.25, -0.2) is 9.97 Å². The van der Waals surface area contributed by atoms with Crippen LogP contribution < -0.4 is 22.2 Å². The molecule has 2 heterocycles. The van der Waals surface area contributed by atoms with Gasteiger partial charge in [-0.2, -0.15) is 0 Å². The molecular weight excluding hydrogens is 212 g/mol. The Morgan fingerprint density at radius 2 is 1.94 bits per heavy atom. The van der Waals surface area contributed by atoms with E-state index in [1.165, 1.54) is 18.5 Å². The molecule has 2 aromatic heterocycles. The molecule has 0 fully saturated rings. The molecule has 0 aliphatic rings. The van der Waals surface area contributed by atoms with Crippen molar-refractivity contribution >= 4 is 17.6 Å². The number of nitrogens with two attached hydrogens (primary N) is 1. The Kier molecular flexibility index (Phi) is 2.38. The van der Waals surface area contributed by atoms with Gasteiger partial charge in [-0.1, -0.05) is 0 Å². The number of nitrogen functional groups attached to an aromatic ring is 1. The van der Waals surface area contributed by atoms with Gasteiger partial charge in [0.15, 0.2) is 0 Å². The zero-order valence-electron chi connectivity index (χ0n) is 8.02. The molecule has 0 radical (unpaired) electrons. The van der Waals surface area contributed by atoms with Crippen molar-refractivity contribution in [3.8, 4) is 0 Å². The minimum Gasteiger partial charge on any atom is -0.393 e. The van der Waals surface area contributed by atoms with E-state index in [1.54, 1.807) is 0 Å². The van der Waals surface area contributed by atoms with E-state index in [1.807, 2.05) is 0 Å². The fourth-order valence-corrected chi connectivity index (χ4v) is 1.01. The molecule has 82 valence electrons. The highest BCUT2D eigenvalue weighted by molar-refractivity contribution is 5.43. The Balaban J connectivity index is 2.31. The Morgan fingerprint density at radius 1 is 1.19 bits per heavy atom. The first-order valence-corrected chi connectivity index (χ1v) is 4.32. The number of aromatic amines is 2. The normalized spacial score (nSPS) is 10.0. The van der Waals surface area contributed by atoms with Gasteiger partial charge in [0.2, 0.25) is 11.9 Å². The fraction of sp³-hybridized carbons (Fsp3) is 0. The van der Waals surface area contributed by atoms with E-state index in [9.17, 15) is 9.59 Å². The van der Waals surface area contributed by atoms with Crippen molar-refractivity contribution in [3.05, 3.63) is 39.2 Å². The molecule has 0 spiro atoms. The molecule has 2 aromatic rings. The quantitative estimate of drug-likeness (QED) is 0.523. The Bertz CT molecular complexity index is 616. The van der Waals surface area contributed by atoms with Gasteiger partial charge in [0.05, 0.1) is 6.20 Å². The number of nitrogens with zero attached hydrogens (tertiary/aromatic N) is 2. The number of anilines is 3. The number of rotatable bonds is 2. The van der Waals surface area contributed by atoms with Gasteiger partial charge in [0, 0.05) is 12.3 Å². The Hall–Kier alpha value is -2.64. The van der Waals surface area contributed by atoms with Gasteiger partial charge in [-0.3, -0.25) is 24.9 Å². The summed E-state index contributed by atoms with van der Waals surface area (Å²) < 4.78 is 0. The van der Waals surface area contributed by atoms with Gasteiger partial charge < -0.3 is 5.73 Å². The fourth-order valence-electron chi connectivity index (χ4n) is 1.01. The second-order valence-corrected chi connectivity index (χ2v) is 2.92. The molecule has 0 amide bonds. The van der Waals surface area contributed by atoms with Crippen LogP contribution in [0, 0.1) is 0 Å². The van der Waals surface area contributed by atoms with Gasteiger partial charge >= 0.3 is 0 Å². The molecule has 0 atom stereocenters. The number of hydrogen-bond donors (Lipinski definition) is 4. The van der Waals surface area contributed by atoms with Crippen LogP contribution in [0.4, 0.5) is 17.6 Å². The third kappa shape index (κ3) is 2.05. The predicted molar refractivity (Wildman–Crippen MR) is 57.4 cm³/mol. The number of aromatic nitrogens is 4. The maximum absolute atomic E-state index is 11.1. The summed E-state index contributed by atoms with van der Waals surface area (Å²) >= 11 is 0. The average molecular weight is 220 g/mol. The largest absolute Gasteiger partial charge is 0.393 e. The summed E-state index contributed by atoms with van der Waals surface area (Å²) in [5, 5.41) is 2.62. The molecule has 0 bridgehead atoms. The second-order valence-electron chi connectivity index (χ2n) is 2.92. The highest BCUT2D eigenvalue weighted by atomic mass is 16.1. The first-order valence-electron chi connectivity index (χ1n) is 4.32. The van der Waals surface area contributed by atoms with Crippen LogP contribution in [0.25, 0.3) is 0 Å². The van der Waals surface area contributed by atoms with Crippen molar-refractivity contribution in [2.75, 3.05) is 11.1 Å². The summed E-state index contributed by atoms with van der Waals surface area (Å²) in [6.45, 7) is 0. The van der Waals surface area contributed by atoms with Crippen LogP contribution in [0.5, 0.6) is 0 Å². The summed E-state index contributed by atoms with van der Waals surface area (Å²) in [7, 11) is 0. The van der Waals surface area contributed by atoms with Crippen molar-refractivity contribution in [2.24, 2.45) is 0 Å². The lowest BCUT2D eigenvalue weighted by atomic mass is 10.5. The average Bonchev–Trinajstić information content (AvgIpc) is 2.24. The Morgan fingerprint density at radius 3 is 2.62 bits per heavy atom. The van der Waals surface area contributed by atoms with Gasteiger partial charge in [0.25, 0.3) is 11.1 Å². The molecule has 0 saturated carbocycles. The molecule has 2 rings (SSSR count). The minimum absolute atomic E-state index is 0.0139. The lowest BCUT2D eigenvalue weighted by molar-refractivity contribution is 1.07. The third-order valence-corrected chi connectivity index (χ3v) is 1.73. The summed E-state index contributed by atoms with van der Waals surface area (Å²) in [4.78, 5) is 34.5. The van der Waals surface area contributed by atoms with Crippen LogP contribution in [-0.4, -0.2) is 19.9 Å². The molecule has 5 N–H and O–H groups in total. The molecule has 0 saturated heterocycles. The zero-order chi connectivity index (χ0) is 11.5. The molecule has 8 heteroatoms. The summed E-state index contributed by atoms with van der Waals surface area (Å²) in [6, 6.07) is 1.27. The Labute approximate surface area is 88.6 Å². The van der Waals surface area contributed by atoms with Crippen LogP contribution >= 0.6 is 0 Å². The monoisotopic (exact) mass is 220 g/mol. The topological polar surface area (TPSA) is 130 Å². The lowest BCUT2D eigenvalue weighted by Gasteiger charge is -2.02. The highest BCUT2D eigenvalue weighted by Crippen LogP contribution is 2.02. The molecular formula is C8H8N6O2. The molecule has 0 aliphatic heterocycles. The number of hydrogen-bond acceptors (Lipinski definition) is 6. The third-order valence-electron chi connectivity index (χ3n) is 1.73. The van der Waals surface area contributed by atoms with Gasteiger partial charge in [-0.05, 0) is 0 Å². The lowest BCUT2D eigenvalue weighted by Crippen LogP contribution is -2.16. The van der Waals surface area contributed by atoms with Crippen molar-refractivity contribution in [1.29, 1.82) is 0 Å². The van der Waals surface area contributed by atoms with E-state index >= 15 is 0 Å². The standard InChI is InChI=1S/C8H8N6O2/c9-4-3-11-8(13-6(4)16)14-7-10-2-1-5(15)12-7/h1-3H,9H2,(H3,10,11,12,13,14,15,16). The van der Waals surface area contributed by atoms with Crippen molar-refractivity contribution < 1.29 is 0 Å². The molecule has 16 heavy (non-hydrogen) atoms. The van der Waals surface area contributed by atoms with E-state index in [-0.39, 0.29) is 23.1 Å². The van der Waals surface area contributed by atoms with E-state index in [0.717, 1.165) is 0 Å². The van der Waals surface area contributed by atoms with Crippen LogP contribution in [0.2, 0.25) is 0 Å². The summed E-state index contributed by atoms with van der Waals surface area (Å²) in [6.07, 6.45) is 2.54. The van der Waals surface area contributed by atoms with Crippen LogP contribution in [0.15, 0.2) is 28.0 Å². The first-order chi connectivity index (χ1) is 7.65. The van der Waals surface area contributed by atoms with Gasteiger partial charge in [-0.15, -0.1) is 0 Å². The SMILES string of the molecule is Nc1cnc(Nc2nccc(=O)[nH]2)[nH]c1=O. The number of H-pyrrole nitrogens is 2. The van der Waals surface area contributed by atoms with E-state index in [2.05, 4.69) is 25.3 Å². The molecule has 0 unspecified atom stereocenters. The first kappa shape index (κ1) is 9.90. The van der Waals surface area contributed by atoms with Crippen molar-refractivity contribution in [1.82, 2.24) is 19.9 Å². The van der Waals surface area contributed by atoms with Crippen LogP contribution in [0.1, 0.15) is 0 Å². The smallest absolute Gasteiger partial charge is 0.275 e. The summed E-state index contributed by atoms with van der Waals surface area (Å²) in [5.41, 5.74) is 4.54. The van der Waals surface area contributed by atoms with E-state index in [0.29, 0.717) is 0 Å². The van der Waals surface area contributed by atoms with Crippen LogP contribution in [-0.2, 0) is 0 Å².